The predicted octanol–water partition coefficient (Wildman–Crippen LogP) is 0.528. The van der Waals surface area contributed by atoms with Crippen LogP contribution >= 0.6 is 0 Å². The van der Waals surface area contributed by atoms with Gasteiger partial charge in [0.1, 0.15) is 0 Å². The molecular formula is C8H11N3O. The first-order valence-electron chi connectivity index (χ1n) is 3.83. The van der Waals surface area contributed by atoms with Crippen LogP contribution in [-0.2, 0) is 0 Å². The molecule has 0 aliphatic carbocycles. The number of fused-ring (bicyclic) bond motifs is 1. The number of anilines is 2. The number of hydrogen-bond acceptors (Lipinski definition) is 4. The fourth-order valence-corrected chi connectivity index (χ4v) is 1.48. The number of aliphatic hydroxyl groups is 1. The molecule has 2 N–H and O–H groups in total. The smallest absolute Gasteiger partial charge is 0.205 e. The number of aliphatic hydroxyl groups excluding tert-OH is 1. The summed E-state index contributed by atoms with van der Waals surface area (Å²) in [6.07, 6.45) is 1.11. The molecule has 4 heteroatoms. The van der Waals surface area contributed by atoms with Crippen molar-refractivity contribution < 1.29 is 5.11 Å². The Bertz CT molecular complexity index is 313. The largest absolute Gasteiger partial charge is 0.356 e. The van der Waals surface area contributed by atoms with Gasteiger partial charge >= 0.3 is 0 Å². The highest BCUT2D eigenvalue weighted by molar-refractivity contribution is 5.76. The maximum atomic E-state index is 9.43. The van der Waals surface area contributed by atoms with E-state index in [2.05, 4.69) is 10.3 Å². The molecule has 0 aromatic carbocycles. The van der Waals surface area contributed by atoms with Gasteiger partial charge in [0.2, 0.25) is 6.35 Å². The Morgan fingerprint density at radius 1 is 1.67 bits per heavy atom. The molecular weight excluding hydrogens is 154 g/mol. The minimum Gasteiger partial charge on any atom is -0.356 e. The molecule has 4 nitrogen and oxygen atoms in total. The van der Waals surface area contributed by atoms with Gasteiger partial charge in [-0.3, -0.25) is 4.98 Å². The second-order valence-electron chi connectivity index (χ2n) is 2.92. The lowest BCUT2D eigenvalue weighted by molar-refractivity contribution is 0.210. The molecule has 0 fully saturated rings. The zero-order chi connectivity index (χ0) is 8.72. The van der Waals surface area contributed by atoms with E-state index in [0.29, 0.717) is 0 Å². The summed E-state index contributed by atoms with van der Waals surface area (Å²) in [5.41, 5.74) is 2.85. The van der Waals surface area contributed by atoms with Crippen LogP contribution in [0.3, 0.4) is 0 Å². The van der Waals surface area contributed by atoms with Crippen molar-refractivity contribution in [2.75, 3.05) is 17.3 Å². The molecule has 0 amide bonds. The lowest BCUT2D eigenvalue weighted by atomic mass is 10.3. The van der Waals surface area contributed by atoms with Crippen molar-refractivity contribution in [3.8, 4) is 0 Å². The van der Waals surface area contributed by atoms with Crippen LogP contribution in [0.1, 0.15) is 5.69 Å². The van der Waals surface area contributed by atoms with Crippen LogP contribution in [0.2, 0.25) is 0 Å². The maximum Gasteiger partial charge on any atom is 0.205 e. The van der Waals surface area contributed by atoms with E-state index in [9.17, 15) is 5.11 Å². The average molecular weight is 165 g/mol. The number of nitrogens with zero attached hydrogens (tertiary/aromatic N) is 2. The first kappa shape index (κ1) is 7.36. The fraction of sp³-hybridized carbons (Fsp3) is 0.375. The summed E-state index contributed by atoms with van der Waals surface area (Å²) in [4.78, 5) is 5.90. The van der Waals surface area contributed by atoms with E-state index in [-0.39, 0.29) is 0 Å². The topological polar surface area (TPSA) is 48.4 Å². The van der Waals surface area contributed by atoms with Gasteiger partial charge in [-0.1, -0.05) is 0 Å². The lowest BCUT2D eigenvalue weighted by Crippen LogP contribution is -2.31. The van der Waals surface area contributed by atoms with Gasteiger partial charge in [0.15, 0.2) is 0 Å². The fourth-order valence-electron chi connectivity index (χ4n) is 1.48. The van der Waals surface area contributed by atoms with Crippen molar-refractivity contribution in [2.24, 2.45) is 0 Å². The second kappa shape index (κ2) is 2.35. The van der Waals surface area contributed by atoms with E-state index < -0.39 is 6.35 Å². The zero-order valence-electron chi connectivity index (χ0n) is 7.07. The Morgan fingerprint density at radius 3 is 3.08 bits per heavy atom. The molecule has 64 valence electrons. The average Bonchev–Trinajstić information content (AvgIpc) is 2.29. The van der Waals surface area contributed by atoms with Gasteiger partial charge < -0.3 is 15.3 Å². The maximum absolute atomic E-state index is 9.43. The first-order valence-corrected chi connectivity index (χ1v) is 3.83. The van der Waals surface area contributed by atoms with E-state index in [1.54, 1.807) is 11.1 Å². The Balaban J connectivity index is 2.55. The van der Waals surface area contributed by atoms with E-state index in [1.165, 1.54) is 0 Å². The number of aromatic nitrogens is 1. The van der Waals surface area contributed by atoms with Crippen molar-refractivity contribution in [1.29, 1.82) is 0 Å². The van der Waals surface area contributed by atoms with Crippen LogP contribution in [0.5, 0.6) is 0 Å². The van der Waals surface area contributed by atoms with Crippen LogP contribution in [0.4, 0.5) is 11.4 Å². The lowest BCUT2D eigenvalue weighted by Gasteiger charge is -2.16. The molecule has 0 spiro atoms. The molecule has 1 unspecified atom stereocenters. The molecule has 2 rings (SSSR count). The van der Waals surface area contributed by atoms with Crippen LogP contribution in [0.25, 0.3) is 0 Å². The van der Waals surface area contributed by atoms with Crippen LogP contribution in [0, 0.1) is 6.92 Å². The molecule has 1 aromatic rings. The third-order valence-corrected chi connectivity index (χ3v) is 2.11. The Morgan fingerprint density at radius 2 is 2.42 bits per heavy atom. The van der Waals surface area contributed by atoms with Gasteiger partial charge in [-0.2, -0.15) is 0 Å². The SMILES string of the molecule is Cc1nccc2c1N(C)C(O)N2. The monoisotopic (exact) mass is 165 g/mol. The molecule has 1 aliphatic rings. The van der Waals surface area contributed by atoms with Crippen molar-refractivity contribution in [3.05, 3.63) is 18.0 Å². The van der Waals surface area contributed by atoms with Crippen molar-refractivity contribution in [3.63, 3.8) is 0 Å². The summed E-state index contributed by atoms with van der Waals surface area (Å²) in [5, 5.41) is 12.4. The molecule has 1 aromatic heterocycles. The summed E-state index contributed by atoms with van der Waals surface area (Å²) >= 11 is 0. The molecule has 0 bridgehead atoms. The summed E-state index contributed by atoms with van der Waals surface area (Å²) < 4.78 is 0. The third-order valence-electron chi connectivity index (χ3n) is 2.11. The van der Waals surface area contributed by atoms with E-state index in [0.717, 1.165) is 17.1 Å². The van der Waals surface area contributed by atoms with E-state index in [4.69, 9.17) is 0 Å². The Labute approximate surface area is 70.8 Å². The Kier molecular flexibility index (Phi) is 1.44. The number of nitrogens with one attached hydrogen (secondary N) is 1. The van der Waals surface area contributed by atoms with Crippen molar-refractivity contribution >= 4 is 11.4 Å². The molecule has 0 saturated carbocycles. The molecule has 0 saturated heterocycles. The summed E-state index contributed by atoms with van der Waals surface area (Å²) in [6.45, 7) is 1.93. The highest BCUT2D eigenvalue weighted by atomic mass is 16.3. The van der Waals surface area contributed by atoms with Gasteiger partial charge in [-0.25, -0.2) is 0 Å². The second-order valence-corrected chi connectivity index (χ2v) is 2.92. The van der Waals surface area contributed by atoms with Gasteiger partial charge in [0, 0.05) is 13.2 Å². The molecule has 0 radical (unpaired) electrons. The standard InChI is InChI=1S/C8H11N3O/c1-5-7-6(3-4-9-5)10-8(12)11(7)2/h3-4,8,10,12H,1-2H3. The van der Waals surface area contributed by atoms with Gasteiger partial charge in [0.05, 0.1) is 17.1 Å². The number of aryl methyl sites for hydroxylation is 1. The molecule has 1 aliphatic heterocycles. The van der Waals surface area contributed by atoms with Gasteiger partial charge in [-0.15, -0.1) is 0 Å². The summed E-state index contributed by atoms with van der Waals surface area (Å²) in [7, 11) is 1.83. The normalized spacial score (nSPS) is 20.6. The van der Waals surface area contributed by atoms with Crippen LogP contribution in [0.15, 0.2) is 12.3 Å². The highest BCUT2D eigenvalue weighted by Gasteiger charge is 2.24. The summed E-state index contributed by atoms with van der Waals surface area (Å²) in [6, 6.07) is 1.86. The first-order chi connectivity index (χ1) is 5.70. The van der Waals surface area contributed by atoms with Crippen molar-refractivity contribution in [2.45, 2.75) is 13.3 Å². The third kappa shape index (κ3) is 0.848. The number of pyridine rings is 1. The van der Waals surface area contributed by atoms with E-state index >= 15 is 0 Å². The zero-order valence-corrected chi connectivity index (χ0v) is 7.07. The predicted molar refractivity (Wildman–Crippen MR) is 47.0 cm³/mol. The van der Waals surface area contributed by atoms with Crippen LogP contribution in [-0.4, -0.2) is 23.5 Å². The van der Waals surface area contributed by atoms with Gasteiger partial charge in [-0.05, 0) is 13.0 Å². The van der Waals surface area contributed by atoms with E-state index in [1.807, 2.05) is 20.0 Å². The highest BCUT2D eigenvalue weighted by Crippen LogP contribution is 2.33. The number of hydrogen-bond donors (Lipinski definition) is 2. The molecule has 12 heavy (non-hydrogen) atoms. The molecule has 2 heterocycles. The quantitative estimate of drug-likeness (QED) is 0.588. The van der Waals surface area contributed by atoms with Crippen LogP contribution < -0.4 is 10.2 Å². The Hall–Kier alpha value is -1.29. The minimum absolute atomic E-state index is 0.622. The summed E-state index contributed by atoms with van der Waals surface area (Å²) in [5.74, 6) is 0. The van der Waals surface area contributed by atoms with Crippen molar-refractivity contribution in [1.82, 2.24) is 4.98 Å². The van der Waals surface area contributed by atoms with Gasteiger partial charge in [0.25, 0.3) is 0 Å². The number of rotatable bonds is 0. The minimum atomic E-state index is -0.622. The molecule has 1 atom stereocenters.